The van der Waals surface area contributed by atoms with Crippen LogP contribution in [-0.2, 0) is 6.42 Å². The highest BCUT2D eigenvalue weighted by Gasteiger charge is 2.04. The molecule has 0 aliphatic heterocycles. The van der Waals surface area contributed by atoms with Crippen LogP contribution in [0.4, 0.5) is 0 Å². The topological polar surface area (TPSA) is 48.6 Å². The molecule has 0 radical (unpaired) electrons. The SMILES string of the molecule is O=c1[nH]c(=S)[nH]cc1Cc1cccc2ccccc12. The predicted octanol–water partition coefficient (Wildman–Crippen LogP) is 3.18. The Bertz CT molecular complexity index is 843. The molecule has 2 N–H and O–H groups in total. The van der Waals surface area contributed by atoms with Crippen LogP contribution in [-0.4, -0.2) is 9.97 Å². The summed E-state index contributed by atoms with van der Waals surface area (Å²) < 4.78 is 0.353. The molecule has 94 valence electrons. The van der Waals surface area contributed by atoms with Crippen LogP contribution >= 0.6 is 12.2 Å². The van der Waals surface area contributed by atoms with Gasteiger partial charge >= 0.3 is 0 Å². The molecular weight excluding hydrogens is 256 g/mol. The summed E-state index contributed by atoms with van der Waals surface area (Å²) >= 11 is 4.89. The third-order valence-corrected chi connectivity index (χ3v) is 3.38. The van der Waals surface area contributed by atoms with Crippen molar-refractivity contribution in [3.63, 3.8) is 0 Å². The van der Waals surface area contributed by atoms with E-state index in [0.717, 1.165) is 5.56 Å². The Labute approximate surface area is 114 Å². The fourth-order valence-corrected chi connectivity index (χ4v) is 2.37. The van der Waals surface area contributed by atoms with E-state index in [2.05, 4.69) is 28.2 Å². The van der Waals surface area contributed by atoms with Crippen molar-refractivity contribution in [3.8, 4) is 0 Å². The summed E-state index contributed by atoms with van der Waals surface area (Å²) in [4.78, 5) is 17.3. The Morgan fingerprint density at radius 1 is 1.00 bits per heavy atom. The maximum atomic E-state index is 11.8. The zero-order chi connectivity index (χ0) is 13.2. The van der Waals surface area contributed by atoms with Crippen molar-refractivity contribution in [2.75, 3.05) is 0 Å². The van der Waals surface area contributed by atoms with E-state index in [1.165, 1.54) is 10.8 Å². The van der Waals surface area contributed by atoms with Crippen molar-refractivity contribution in [2.45, 2.75) is 6.42 Å². The molecule has 3 nitrogen and oxygen atoms in total. The van der Waals surface area contributed by atoms with Crippen molar-refractivity contribution in [1.29, 1.82) is 0 Å². The molecule has 0 saturated carbocycles. The van der Waals surface area contributed by atoms with Gasteiger partial charge in [0.15, 0.2) is 4.77 Å². The maximum absolute atomic E-state index is 11.8. The van der Waals surface area contributed by atoms with E-state index in [0.29, 0.717) is 16.8 Å². The van der Waals surface area contributed by atoms with Gasteiger partial charge < -0.3 is 4.98 Å². The van der Waals surface area contributed by atoms with Gasteiger partial charge in [0.1, 0.15) is 0 Å². The second kappa shape index (κ2) is 4.82. The fraction of sp³-hybridized carbons (Fsp3) is 0.0667. The average Bonchev–Trinajstić information content (AvgIpc) is 2.42. The van der Waals surface area contributed by atoms with Gasteiger partial charge in [-0.3, -0.25) is 9.78 Å². The minimum atomic E-state index is -0.128. The normalized spacial score (nSPS) is 10.7. The largest absolute Gasteiger partial charge is 0.338 e. The van der Waals surface area contributed by atoms with Crippen molar-refractivity contribution < 1.29 is 0 Å². The first-order valence-electron chi connectivity index (χ1n) is 6.01. The van der Waals surface area contributed by atoms with E-state index in [1.54, 1.807) is 6.20 Å². The van der Waals surface area contributed by atoms with Crippen molar-refractivity contribution >= 4 is 23.0 Å². The molecule has 0 fully saturated rings. The summed E-state index contributed by atoms with van der Waals surface area (Å²) in [6.07, 6.45) is 2.27. The molecule has 4 heteroatoms. The molecule has 19 heavy (non-hydrogen) atoms. The number of H-pyrrole nitrogens is 2. The highest BCUT2D eigenvalue weighted by Crippen LogP contribution is 2.20. The predicted molar refractivity (Wildman–Crippen MR) is 79.0 cm³/mol. The zero-order valence-corrected chi connectivity index (χ0v) is 11.0. The van der Waals surface area contributed by atoms with E-state index >= 15 is 0 Å². The minimum absolute atomic E-state index is 0.128. The number of nitrogens with one attached hydrogen (secondary N) is 2. The van der Waals surface area contributed by atoms with E-state index in [9.17, 15) is 4.79 Å². The number of aromatic amines is 2. The molecule has 2 aromatic carbocycles. The Morgan fingerprint density at radius 3 is 2.63 bits per heavy atom. The van der Waals surface area contributed by atoms with Gasteiger partial charge in [0.05, 0.1) is 0 Å². The van der Waals surface area contributed by atoms with Gasteiger partial charge in [-0.2, -0.15) is 0 Å². The molecule has 0 aliphatic rings. The first kappa shape index (κ1) is 11.9. The van der Waals surface area contributed by atoms with Gasteiger partial charge in [-0.05, 0) is 28.6 Å². The number of rotatable bonds is 2. The van der Waals surface area contributed by atoms with Crippen LogP contribution in [0.5, 0.6) is 0 Å². The van der Waals surface area contributed by atoms with E-state index in [-0.39, 0.29) is 5.56 Å². The smallest absolute Gasteiger partial charge is 0.255 e. The maximum Gasteiger partial charge on any atom is 0.255 e. The molecule has 0 aliphatic carbocycles. The molecule has 0 atom stereocenters. The molecule has 0 amide bonds. The standard InChI is InChI=1S/C15H12N2OS/c18-14-12(9-16-15(19)17-14)8-11-6-3-5-10-4-1-2-7-13(10)11/h1-7,9H,8H2,(H2,16,17,18,19). The summed E-state index contributed by atoms with van der Waals surface area (Å²) in [5.41, 5.74) is 1.69. The first-order valence-corrected chi connectivity index (χ1v) is 6.42. The first-order chi connectivity index (χ1) is 9.24. The Kier molecular flexibility index (Phi) is 3.01. The van der Waals surface area contributed by atoms with E-state index in [1.807, 2.05) is 24.3 Å². The molecule has 1 heterocycles. The Hall–Kier alpha value is -2.20. The summed E-state index contributed by atoms with van der Waals surface area (Å²) in [6, 6.07) is 14.3. The van der Waals surface area contributed by atoms with Crippen molar-refractivity contribution in [1.82, 2.24) is 9.97 Å². The average molecular weight is 268 g/mol. The van der Waals surface area contributed by atoms with Crippen LogP contribution in [0.1, 0.15) is 11.1 Å². The van der Waals surface area contributed by atoms with Crippen LogP contribution < -0.4 is 5.56 Å². The summed E-state index contributed by atoms with van der Waals surface area (Å²) in [5, 5.41) is 2.35. The minimum Gasteiger partial charge on any atom is -0.338 e. The van der Waals surface area contributed by atoms with Crippen molar-refractivity contribution in [2.24, 2.45) is 0 Å². The third-order valence-electron chi connectivity index (χ3n) is 3.16. The molecular formula is C15H12N2OS. The fourth-order valence-electron chi connectivity index (χ4n) is 2.22. The Balaban J connectivity index is 2.11. The van der Waals surface area contributed by atoms with E-state index in [4.69, 9.17) is 12.2 Å². The summed E-state index contributed by atoms with van der Waals surface area (Å²) in [7, 11) is 0. The lowest BCUT2D eigenvalue weighted by Gasteiger charge is -2.06. The van der Waals surface area contributed by atoms with Crippen molar-refractivity contribution in [3.05, 3.63) is 74.9 Å². The van der Waals surface area contributed by atoms with Crippen LogP contribution in [0.2, 0.25) is 0 Å². The number of fused-ring (bicyclic) bond motifs is 1. The van der Waals surface area contributed by atoms with Gasteiger partial charge in [-0.25, -0.2) is 0 Å². The lowest BCUT2D eigenvalue weighted by atomic mass is 10.00. The molecule has 3 aromatic rings. The zero-order valence-electron chi connectivity index (χ0n) is 10.1. The monoisotopic (exact) mass is 268 g/mol. The highest BCUT2D eigenvalue weighted by atomic mass is 32.1. The number of aromatic nitrogens is 2. The number of hydrogen-bond donors (Lipinski definition) is 2. The molecule has 0 saturated heterocycles. The molecule has 3 rings (SSSR count). The molecule has 0 spiro atoms. The second-order valence-corrected chi connectivity index (χ2v) is 4.82. The summed E-state index contributed by atoms with van der Waals surface area (Å²) in [5.74, 6) is 0. The lowest BCUT2D eigenvalue weighted by Crippen LogP contribution is -2.13. The van der Waals surface area contributed by atoms with Crippen LogP contribution in [0.25, 0.3) is 10.8 Å². The highest BCUT2D eigenvalue weighted by molar-refractivity contribution is 7.71. The number of benzene rings is 2. The van der Waals surface area contributed by atoms with Crippen LogP contribution in [0.15, 0.2) is 53.5 Å². The van der Waals surface area contributed by atoms with Gasteiger partial charge in [-0.1, -0.05) is 42.5 Å². The molecule has 0 unspecified atom stereocenters. The molecule has 0 bridgehead atoms. The summed E-state index contributed by atoms with van der Waals surface area (Å²) in [6.45, 7) is 0. The van der Waals surface area contributed by atoms with Gasteiger partial charge in [-0.15, -0.1) is 0 Å². The Morgan fingerprint density at radius 2 is 1.79 bits per heavy atom. The number of hydrogen-bond acceptors (Lipinski definition) is 2. The van der Waals surface area contributed by atoms with Gasteiger partial charge in [0.25, 0.3) is 5.56 Å². The van der Waals surface area contributed by atoms with Gasteiger partial charge in [0, 0.05) is 18.2 Å². The molecule has 1 aromatic heterocycles. The third kappa shape index (κ3) is 2.35. The van der Waals surface area contributed by atoms with Crippen LogP contribution in [0, 0.1) is 4.77 Å². The quantitative estimate of drug-likeness (QED) is 0.701. The van der Waals surface area contributed by atoms with Crippen LogP contribution in [0.3, 0.4) is 0 Å². The van der Waals surface area contributed by atoms with Gasteiger partial charge in [0.2, 0.25) is 0 Å². The second-order valence-electron chi connectivity index (χ2n) is 4.41. The van der Waals surface area contributed by atoms with E-state index < -0.39 is 0 Å². The lowest BCUT2D eigenvalue weighted by molar-refractivity contribution is 1.01.